The van der Waals surface area contributed by atoms with Gasteiger partial charge < -0.3 is 0 Å². The van der Waals surface area contributed by atoms with E-state index in [4.69, 9.17) is 34.8 Å². The Hall–Kier alpha value is -7.49. The van der Waals surface area contributed by atoms with Crippen molar-refractivity contribution >= 4 is 97.8 Å². The normalized spacial score (nSPS) is 9.49. The van der Waals surface area contributed by atoms with E-state index in [1.54, 1.807) is 6.08 Å². The van der Waals surface area contributed by atoms with Crippen LogP contribution < -0.4 is 0 Å². The summed E-state index contributed by atoms with van der Waals surface area (Å²) in [6.07, 6.45) is 11.1. The number of benzene rings is 9. The molecule has 0 atom stereocenters. The van der Waals surface area contributed by atoms with E-state index >= 15 is 0 Å². The highest BCUT2D eigenvalue weighted by atomic mass is 79.9. The SMILES string of the molecule is BrCCc1ccccc1.C(=C/c1ccccc1)/c1ccccc1.C=C(C)c1ccc(C)cc1.C=C(C)c1ccc(CCl)cc1.C=C(C)c1ccccc1.C=Cc1ccc(CCl)cc1.C=Cc1ccc(Cl)cc1.CC(C)=Cc1ccccc1. The summed E-state index contributed by atoms with van der Waals surface area (Å²) >= 11 is 20.3. The zero-order chi connectivity index (χ0) is 60.2. The Morgan fingerprint density at radius 2 is 0.695 bits per heavy atom. The average molecular weight is 1210 g/mol. The first-order valence-electron chi connectivity index (χ1n) is 27.1. The predicted octanol–water partition coefficient (Wildman–Crippen LogP) is 24.8. The third-order valence-electron chi connectivity index (χ3n) is 11.4. The van der Waals surface area contributed by atoms with Gasteiger partial charge in [-0.25, -0.2) is 0 Å². The van der Waals surface area contributed by atoms with Gasteiger partial charge in [-0.3, -0.25) is 0 Å². The second-order valence-electron chi connectivity index (χ2n) is 19.0. The smallest absolute Gasteiger partial charge is 0.0474 e. The van der Waals surface area contributed by atoms with E-state index in [1.165, 1.54) is 50.1 Å². The number of hydrogen-bond donors (Lipinski definition) is 0. The lowest BCUT2D eigenvalue weighted by atomic mass is 10.1. The van der Waals surface area contributed by atoms with E-state index in [0.29, 0.717) is 11.8 Å². The van der Waals surface area contributed by atoms with E-state index in [9.17, 15) is 0 Å². The molecule has 82 heavy (non-hydrogen) atoms. The van der Waals surface area contributed by atoms with Crippen molar-refractivity contribution in [1.29, 1.82) is 0 Å². The molecule has 0 saturated heterocycles. The van der Waals surface area contributed by atoms with Crippen LogP contribution in [0.4, 0.5) is 0 Å². The van der Waals surface area contributed by atoms with Crippen molar-refractivity contribution in [3.05, 3.63) is 359 Å². The molecule has 0 aliphatic rings. The van der Waals surface area contributed by atoms with Gasteiger partial charge in [-0.05, 0) is 121 Å². The number of hydrogen-bond acceptors (Lipinski definition) is 0. The first-order chi connectivity index (χ1) is 39.6. The van der Waals surface area contributed by atoms with Crippen molar-refractivity contribution in [2.24, 2.45) is 0 Å². The average Bonchev–Trinajstić information content (AvgIpc) is 3.51. The Morgan fingerprint density at radius 1 is 0.378 bits per heavy atom. The first-order valence-corrected chi connectivity index (χ1v) is 29.7. The van der Waals surface area contributed by atoms with Crippen molar-refractivity contribution in [2.45, 2.75) is 59.7 Å². The molecule has 0 saturated carbocycles. The lowest BCUT2D eigenvalue weighted by molar-refractivity contribution is 1.17. The summed E-state index contributed by atoms with van der Waals surface area (Å²) in [5.41, 5.74) is 19.3. The van der Waals surface area contributed by atoms with Crippen LogP contribution in [0.25, 0.3) is 47.1 Å². The molecule has 0 aliphatic carbocycles. The van der Waals surface area contributed by atoms with Crippen LogP contribution in [-0.4, -0.2) is 5.33 Å². The fourth-order valence-electron chi connectivity index (χ4n) is 6.74. The molecular formula is C78H82BrCl3. The van der Waals surface area contributed by atoms with Crippen LogP contribution in [0.1, 0.15) is 101 Å². The zero-order valence-electron chi connectivity index (χ0n) is 48.9. The molecule has 0 spiro atoms. The minimum atomic E-state index is 0.580. The maximum atomic E-state index is 5.64. The fraction of sp³-hybridized carbons (Fsp3) is 0.128. The fourth-order valence-corrected chi connectivity index (χ4v) is 7.68. The number of alkyl halides is 3. The monoisotopic (exact) mass is 1200 g/mol. The van der Waals surface area contributed by atoms with Crippen LogP contribution >= 0.6 is 50.7 Å². The molecule has 0 aliphatic heterocycles. The summed E-state index contributed by atoms with van der Waals surface area (Å²) in [7, 11) is 0. The van der Waals surface area contributed by atoms with Crippen LogP contribution in [-0.2, 0) is 18.2 Å². The third-order valence-corrected chi connectivity index (χ3v) is 12.7. The van der Waals surface area contributed by atoms with E-state index in [-0.39, 0.29) is 0 Å². The van der Waals surface area contributed by atoms with Gasteiger partial charge in [0.05, 0.1) is 0 Å². The Kier molecular flexibility index (Phi) is 38.1. The van der Waals surface area contributed by atoms with Crippen molar-refractivity contribution in [1.82, 2.24) is 0 Å². The molecular weight excluding hydrogens is 1120 g/mol. The Balaban J connectivity index is 0.000000321. The number of rotatable bonds is 12. The Morgan fingerprint density at radius 3 is 1.02 bits per heavy atom. The molecule has 0 amide bonds. The quantitative estimate of drug-likeness (QED) is 0.0845. The number of allylic oxidation sites excluding steroid dienone is 4. The Labute approximate surface area is 518 Å². The molecule has 0 bridgehead atoms. The van der Waals surface area contributed by atoms with Crippen molar-refractivity contribution in [2.75, 3.05) is 5.33 Å². The summed E-state index contributed by atoms with van der Waals surface area (Å²) in [5, 5.41) is 1.82. The van der Waals surface area contributed by atoms with E-state index in [2.05, 4.69) is 197 Å². The van der Waals surface area contributed by atoms with Gasteiger partial charge in [-0.2, -0.15) is 0 Å². The van der Waals surface area contributed by atoms with Gasteiger partial charge in [-0.15, -0.1) is 23.2 Å². The highest BCUT2D eigenvalue weighted by Gasteiger charge is 1.94. The molecule has 422 valence electrons. The van der Waals surface area contributed by atoms with Gasteiger partial charge in [0, 0.05) is 22.1 Å². The van der Waals surface area contributed by atoms with Gasteiger partial charge in [0.2, 0.25) is 0 Å². The molecule has 0 nitrogen and oxygen atoms in total. The number of halogens is 4. The summed E-state index contributed by atoms with van der Waals surface area (Å²) in [4.78, 5) is 0. The minimum Gasteiger partial charge on any atom is -0.122 e. The van der Waals surface area contributed by atoms with E-state index in [0.717, 1.165) is 55.7 Å². The van der Waals surface area contributed by atoms with Gasteiger partial charge in [-0.1, -0.05) is 355 Å². The highest BCUT2D eigenvalue weighted by molar-refractivity contribution is 9.09. The maximum Gasteiger partial charge on any atom is 0.0474 e. The van der Waals surface area contributed by atoms with Crippen molar-refractivity contribution in [3.8, 4) is 0 Å². The van der Waals surface area contributed by atoms with Crippen LogP contribution in [0.2, 0.25) is 5.02 Å². The molecule has 0 fully saturated rings. The minimum absolute atomic E-state index is 0.580. The summed E-state index contributed by atoms with van der Waals surface area (Å²) in [6, 6.07) is 83.7. The summed E-state index contributed by atoms with van der Waals surface area (Å²) in [6.45, 7) is 31.1. The van der Waals surface area contributed by atoms with Gasteiger partial charge in [0.1, 0.15) is 0 Å². The zero-order valence-corrected chi connectivity index (χ0v) is 52.8. The third kappa shape index (κ3) is 33.9. The van der Waals surface area contributed by atoms with Crippen LogP contribution in [0.15, 0.2) is 287 Å². The summed E-state index contributed by atoms with van der Waals surface area (Å²) in [5.74, 6) is 1.16. The second-order valence-corrected chi connectivity index (χ2v) is 20.7. The van der Waals surface area contributed by atoms with Gasteiger partial charge in [0.15, 0.2) is 0 Å². The first kappa shape index (κ1) is 70.6. The van der Waals surface area contributed by atoms with Crippen LogP contribution in [0.3, 0.4) is 0 Å². The number of aryl methyl sites for hydroxylation is 2. The molecule has 0 N–H and O–H groups in total. The van der Waals surface area contributed by atoms with Gasteiger partial charge in [0.25, 0.3) is 0 Å². The maximum absolute atomic E-state index is 5.64. The molecule has 4 heteroatoms. The van der Waals surface area contributed by atoms with E-state index < -0.39 is 0 Å². The topological polar surface area (TPSA) is 0 Å². The molecule has 0 heterocycles. The molecule has 0 radical (unpaired) electrons. The molecule has 9 aromatic rings. The van der Waals surface area contributed by atoms with Crippen molar-refractivity contribution < 1.29 is 0 Å². The molecule has 0 aromatic heterocycles. The van der Waals surface area contributed by atoms with Crippen LogP contribution in [0.5, 0.6) is 0 Å². The van der Waals surface area contributed by atoms with Crippen molar-refractivity contribution in [3.63, 3.8) is 0 Å². The lowest BCUT2D eigenvalue weighted by Crippen LogP contribution is -1.82. The second kappa shape index (κ2) is 44.2. The molecule has 0 unspecified atom stereocenters. The largest absolute Gasteiger partial charge is 0.122 e. The molecule has 9 aromatic carbocycles. The van der Waals surface area contributed by atoms with Gasteiger partial charge >= 0.3 is 0 Å². The predicted molar refractivity (Wildman–Crippen MR) is 377 cm³/mol. The summed E-state index contributed by atoms with van der Waals surface area (Å²) < 4.78 is 0. The molecule has 9 rings (SSSR count). The van der Waals surface area contributed by atoms with E-state index in [1.807, 2.05) is 166 Å². The standard InChI is InChI=1S/C14H12.C10H11Cl.2C10H12.C9H9Cl.C9H10.C8H9Br.C8H7Cl/c1-3-7-13(8-4-1)11-12-14-9-5-2-6-10-14;1-8(2)10-5-3-9(7-11)4-6-10;1-8(2)10-6-4-9(3)5-7-10;1-9(2)8-10-6-4-3-5-7-10;1-2-8-3-5-9(7-10)6-4-8;1-8(2)9-6-4-3-5-7-9;9-7-6-8-4-2-1-3-5-8;1-2-7-3-5-8(9)6-4-7/h1-12H;3-6H,1,7H2,2H3;4-7H,1H2,2-3H3;3-8H,1-2H3;2-6H,1,7H2;3-7H,1H2,2H3;1-5H,6-7H2;2-6H,1H2/b12-11-;;;;;;;. The Bertz CT molecular complexity index is 3130. The lowest BCUT2D eigenvalue weighted by Gasteiger charge is -1.99. The highest BCUT2D eigenvalue weighted by Crippen LogP contribution is 2.15. The van der Waals surface area contributed by atoms with Crippen LogP contribution in [0, 0.1) is 6.92 Å².